The van der Waals surface area contributed by atoms with Gasteiger partial charge >= 0.3 is 0 Å². The zero-order chi connectivity index (χ0) is 31.2. The summed E-state index contributed by atoms with van der Waals surface area (Å²) in [7, 11) is 4.73. The van der Waals surface area contributed by atoms with E-state index >= 15 is 0 Å². The number of carbonyl (C=O) groups is 3. The molecule has 1 heterocycles. The van der Waals surface area contributed by atoms with Crippen LogP contribution in [-0.4, -0.2) is 81.1 Å². The van der Waals surface area contributed by atoms with Gasteiger partial charge in [-0.3, -0.25) is 14.4 Å². The first-order valence-electron chi connectivity index (χ1n) is 15.6. The quantitative estimate of drug-likeness (QED) is 0.237. The molecule has 0 bridgehead atoms. The number of nitrogens with one attached hydrogen (secondary N) is 1. The molecule has 3 amide bonds. The summed E-state index contributed by atoms with van der Waals surface area (Å²) >= 11 is 0. The second-order valence-electron chi connectivity index (χ2n) is 11.1. The van der Waals surface area contributed by atoms with Crippen LogP contribution < -0.4 is 19.5 Å². The summed E-state index contributed by atoms with van der Waals surface area (Å²) < 4.78 is 16.4. The van der Waals surface area contributed by atoms with Gasteiger partial charge in [0.2, 0.25) is 23.5 Å². The minimum atomic E-state index is -0.647. The van der Waals surface area contributed by atoms with Crippen LogP contribution in [0.25, 0.3) is 11.1 Å². The first kappa shape index (κ1) is 33.7. The molecule has 3 rings (SSSR count). The smallest absolute Gasteiger partial charge is 0.246 e. The lowest BCUT2D eigenvalue weighted by Gasteiger charge is -2.40. The first-order chi connectivity index (χ1) is 20.9. The summed E-state index contributed by atoms with van der Waals surface area (Å²) in [4.78, 5) is 42.6. The molecule has 0 aliphatic carbocycles. The van der Waals surface area contributed by atoms with Gasteiger partial charge in [0.15, 0.2) is 11.5 Å². The molecule has 43 heavy (non-hydrogen) atoms. The molecule has 1 aliphatic heterocycles. The van der Waals surface area contributed by atoms with Crippen LogP contribution in [0.15, 0.2) is 36.4 Å². The van der Waals surface area contributed by atoms with Crippen molar-refractivity contribution in [2.45, 2.75) is 77.7 Å². The molecule has 9 nitrogen and oxygen atoms in total. The summed E-state index contributed by atoms with van der Waals surface area (Å²) in [5.41, 5.74) is 2.77. The van der Waals surface area contributed by atoms with Gasteiger partial charge in [0.25, 0.3) is 0 Å². The first-order valence-corrected chi connectivity index (χ1v) is 15.6. The van der Waals surface area contributed by atoms with E-state index in [2.05, 4.69) is 19.2 Å². The molecular weight excluding hydrogens is 546 g/mol. The van der Waals surface area contributed by atoms with Gasteiger partial charge in [-0.25, -0.2) is 0 Å². The number of ether oxygens (including phenoxy) is 3. The molecular formula is C34H49N3O6. The second-order valence-corrected chi connectivity index (χ2v) is 11.1. The second kappa shape index (κ2) is 17.4. The van der Waals surface area contributed by atoms with Crippen LogP contribution in [0.1, 0.15) is 70.8 Å². The van der Waals surface area contributed by atoms with Crippen molar-refractivity contribution in [2.75, 3.05) is 47.5 Å². The van der Waals surface area contributed by atoms with E-state index in [0.29, 0.717) is 36.8 Å². The Morgan fingerprint density at radius 2 is 1.47 bits per heavy atom. The average molecular weight is 596 g/mol. The summed E-state index contributed by atoms with van der Waals surface area (Å²) in [6, 6.07) is 11.0. The van der Waals surface area contributed by atoms with Crippen molar-refractivity contribution in [1.29, 1.82) is 0 Å². The molecule has 0 aromatic heterocycles. The number of rotatable bonds is 18. The molecule has 1 fully saturated rings. The predicted molar refractivity (Wildman–Crippen MR) is 169 cm³/mol. The Labute approximate surface area is 256 Å². The van der Waals surface area contributed by atoms with Gasteiger partial charge < -0.3 is 29.3 Å². The minimum Gasteiger partial charge on any atom is -0.493 e. The molecule has 0 unspecified atom stereocenters. The zero-order valence-electron chi connectivity index (χ0n) is 26.6. The fourth-order valence-corrected chi connectivity index (χ4v) is 5.46. The zero-order valence-corrected chi connectivity index (χ0v) is 26.6. The monoisotopic (exact) mass is 595 g/mol. The fourth-order valence-electron chi connectivity index (χ4n) is 5.46. The number of carbonyl (C=O) groups excluding carboxylic acids is 3. The van der Waals surface area contributed by atoms with E-state index in [1.165, 1.54) is 30.6 Å². The Morgan fingerprint density at radius 1 is 0.837 bits per heavy atom. The van der Waals surface area contributed by atoms with E-state index in [4.69, 9.17) is 14.2 Å². The van der Waals surface area contributed by atoms with Gasteiger partial charge in [0, 0.05) is 19.5 Å². The Morgan fingerprint density at radius 3 is 2.07 bits per heavy atom. The molecule has 1 saturated heterocycles. The standard InChI is InChI=1S/C34H49N3O6/c1-6-8-10-11-12-13-18-35-31(38)23-36-24-32(39)37(19-9-7-2)28(34(36)40)20-25-14-16-26(17-15-25)27-21-29(41-3)33(43-5)30(22-27)42-4/h14-17,21-22,28H,6-13,18-20,23-24H2,1-5H3,(H,35,38)/t28-/m1/s1. The molecule has 1 aliphatic rings. The van der Waals surface area contributed by atoms with Crippen molar-refractivity contribution >= 4 is 17.7 Å². The van der Waals surface area contributed by atoms with E-state index < -0.39 is 6.04 Å². The van der Waals surface area contributed by atoms with Crippen LogP contribution in [0.3, 0.4) is 0 Å². The van der Waals surface area contributed by atoms with Gasteiger partial charge in [-0.1, -0.05) is 76.6 Å². The van der Waals surface area contributed by atoms with E-state index in [-0.39, 0.29) is 30.8 Å². The molecule has 236 valence electrons. The van der Waals surface area contributed by atoms with E-state index in [1.807, 2.05) is 36.4 Å². The fraction of sp³-hybridized carbons (Fsp3) is 0.559. The number of methoxy groups -OCH3 is 3. The number of piperazine rings is 1. The maximum absolute atomic E-state index is 13.7. The van der Waals surface area contributed by atoms with Crippen molar-refractivity contribution in [1.82, 2.24) is 15.1 Å². The summed E-state index contributed by atoms with van der Waals surface area (Å²) in [5, 5.41) is 2.93. The Kier molecular flexibility index (Phi) is 13.6. The third-order valence-electron chi connectivity index (χ3n) is 7.94. The van der Waals surface area contributed by atoms with E-state index in [0.717, 1.165) is 42.4 Å². The highest BCUT2D eigenvalue weighted by molar-refractivity contribution is 5.97. The topological polar surface area (TPSA) is 97.4 Å². The SMILES string of the molecule is CCCCCCCCNC(=O)CN1CC(=O)N(CCCC)[C@H](Cc2ccc(-c3cc(OC)c(OC)c(OC)c3)cc2)C1=O. The number of hydrogen-bond acceptors (Lipinski definition) is 6. The van der Waals surface area contributed by atoms with Crippen molar-refractivity contribution < 1.29 is 28.6 Å². The summed E-state index contributed by atoms with van der Waals surface area (Å²) in [6.45, 7) is 5.20. The highest BCUT2D eigenvalue weighted by Gasteiger charge is 2.39. The Balaban J connectivity index is 1.70. The van der Waals surface area contributed by atoms with Crippen molar-refractivity contribution in [3.63, 3.8) is 0 Å². The molecule has 1 N–H and O–H groups in total. The maximum atomic E-state index is 13.7. The molecule has 2 aromatic rings. The highest BCUT2D eigenvalue weighted by Crippen LogP contribution is 2.41. The number of hydrogen-bond donors (Lipinski definition) is 1. The van der Waals surface area contributed by atoms with Gasteiger partial charge in [-0.15, -0.1) is 0 Å². The van der Waals surface area contributed by atoms with Crippen molar-refractivity contribution in [2.24, 2.45) is 0 Å². The average Bonchev–Trinajstić information content (AvgIpc) is 3.02. The van der Waals surface area contributed by atoms with Gasteiger partial charge in [0.1, 0.15) is 19.1 Å². The van der Waals surface area contributed by atoms with Crippen molar-refractivity contribution in [3.8, 4) is 28.4 Å². The van der Waals surface area contributed by atoms with Crippen LogP contribution in [0.4, 0.5) is 0 Å². The molecule has 1 atom stereocenters. The van der Waals surface area contributed by atoms with Gasteiger partial charge in [-0.2, -0.15) is 0 Å². The van der Waals surface area contributed by atoms with Crippen molar-refractivity contribution in [3.05, 3.63) is 42.0 Å². The third-order valence-corrected chi connectivity index (χ3v) is 7.94. The predicted octanol–water partition coefficient (Wildman–Crippen LogP) is 5.24. The molecule has 9 heteroatoms. The lowest BCUT2D eigenvalue weighted by Crippen LogP contribution is -2.62. The minimum absolute atomic E-state index is 0.0659. The highest BCUT2D eigenvalue weighted by atomic mass is 16.5. The van der Waals surface area contributed by atoms with Crippen LogP contribution in [0.2, 0.25) is 0 Å². The third kappa shape index (κ3) is 9.37. The molecule has 0 saturated carbocycles. The lowest BCUT2D eigenvalue weighted by atomic mass is 9.97. The number of nitrogens with zero attached hydrogens (tertiary/aromatic N) is 2. The van der Waals surface area contributed by atoms with E-state index in [1.54, 1.807) is 26.2 Å². The van der Waals surface area contributed by atoms with Gasteiger partial charge in [0.05, 0.1) is 21.3 Å². The number of unbranched alkanes of at least 4 members (excludes halogenated alkanes) is 6. The summed E-state index contributed by atoms with van der Waals surface area (Å²) in [5.74, 6) is 1.14. The van der Waals surface area contributed by atoms with Crippen LogP contribution in [0, 0.1) is 0 Å². The largest absolute Gasteiger partial charge is 0.493 e. The molecule has 0 spiro atoms. The lowest BCUT2D eigenvalue weighted by molar-refractivity contribution is -0.157. The number of amides is 3. The Bertz CT molecular complexity index is 1170. The molecule has 2 aromatic carbocycles. The van der Waals surface area contributed by atoms with E-state index in [9.17, 15) is 14.4 Å². The number of benzene rings is 2. The maximum Gasteiger partial charge on any atom is 0.246 e. The van der Waals surface area contributed by atoms with Crippen LogP contribution in [0.5, 0.6) is 17.2 Å². The Hall–Kier alpha value is -3.75. The van der Waals surface area contributed by atoms with Crippen LogP contribution >= 0.6 is 0 Å². The molecule has 0 radical (unpaired) electrons. The normalized spacial score (nSPS) is 15.0. The van der Waals surface area contributed by atoms with Crippen LogP contribution in [-0.2, 0) is 20.8 Å². The van der Waals surface area contributed by atoms with Gasteiger partial charge in [-0.05, 0) is 41.7 Å². The summed E-state index contributed by atoms with van der Waals surface area (Å²) in [6.07, 6.45) is 8.94.